The zero-order chi connectivity index (χ0) is 13.0. The number of amides is 1. The summed E-state index contributed by atoms with van der Waals surface area (Å²) < 4.78 is 22.5. The average Bonchev–Trinajstić information content (AvgIpc) is 2.82. The van der Waals surface area contributed by atoms with E-state index in [0.717, 1.165) is 12.8 Å². The van der Waals surface area contributed by atoms with Gasteiger partial charge in [0.25, 0.3) is 0 Å². The summed E-state index contributed by atoms with van der Waals surface area (Å²) in [5.41, 5.74) is 0. The molecule has 0 aromatic rings. The number of rotatable bonds is 4. The van der Waals surface area contributed by atoms with Crippen molar-refractivity contribution in [3.05, 3.63) is 0 Å². The van der Waals surface area contributed by atoms with Crippen molar-refractivity contribution in [3.8, 4) is 0 Å². The van der Waals surface area contributed by atoms with Crippen molar-refractivity contribution in [3.63, 3.8) is 0 Å². The lowest BCUT2D eigenvalue weighted by atomic mass is 10.1. The topological polar surface area (TPSA) is 75.3 Å². The van der Waals surface area contributed by atoms with Crippen molar-refractivity contribution in [2.24, 2.45) is 0 Å². The van der Waals surface area contributed by atoms with Crippen LogP contribution in [0.2, 0.25) is 0 Å². The third-order valence-corrected chi connectivity index (χ3v) is 5.54. The highest BCUT2D eigenvalue weighted by Gasteiger charge is 2.24. The molecule has 6 heteroatoms. The largest absolute Gasteiger partial charge is 0.352 e. The van der Waals surface area contributed by atoms with Crippen molar-refractivity contribution in [2.75, 3.05) is 18.1 Å². The Morgan fingerprint density at radius 2 is 1.61 bits per heavy atom. The molecule has 0 spiro atoms. The van der Waals surface area contributed by atoms with Gasteiger partial charge in [0.1, 0.15) is 9.84 Å². The first-order valence-electron chi connectivity index (χ1n) is 6.78. The molecule has 0 radical (unpaired) electrons. The fourth-order valence-electron chi connectivity index (χ4n) is 2.68. The van der Waals surface area contributed by atoms with Gasteiger partial charge in [-0.2, -0.15) is 0 Å². The summed E-state index contributed by atoms with van der Waals surface area (Å²) in [6.45, 7) is 0.355. The summed E-state index contributed by atoms with van der Waals surface area (Å²) in [7, 11) is -2.84. The van der Waals surface area contributed by atoms with E-state index in [2.05, 4.69) is 10.6 Å². The summed E-state index contributed by atoms with van der Waals surface area (Å²) in [5, 5.41) is 6.17. The minimum Gasteiger partial charge on any atom is -0.352 e. The van der Waals surface area contributed by atoms with Gasteiger partial charge in [-0.1, -0.05) is 12.8 Å². The van der Waals surface area contributed by atoms with Crippen molar-refractivity contribution in [1.82, 2.24) is 10.6 Å². The minimum atomic E-state index is -2.84. The molecule has 0 unspecified atom stereocenters. The van der Waals surface area contributed by atoms with E-state index < -0.39 is 9.84 Å². The molecule has 1 aliphatic carbocycles. The van der Waals surface area contributed by atoms with Gasteiger partial charge in [0, 0.05) is 12.1 Å². The Hall–Kier alpha value is -0.620. The zero-order valence-electron chi connectivity index (χ0n) is 10.7. The molecule has 2 fully saturated rings. The van der Waals surface area contributed by atoms with Gasteiger partial charge in [-0.15, -0.1) is 0 Å². The fourth-order valence-corrected chi connectivity index (χ4v) is 4.17. The van der Waals surface area contributed by atoms with Crippen LogP contribution in [0.1, 0.15) is 38.5 Å². The Labute approximate surface area is 109 Å². The van der Waals surface area contributed by atoms with Crippen molar-refractivity contribution in [1.29, 1.82) is 0 Å². The number of hydrogen-bond donors (Lipinski definition) is 2. The van der Waals surface area contributed by atoms with Crippen molar-refractivity contribution >= 4 is 15.7 Å². The molecule has 0 bridgehead atoms. The van der Waals surface area contributed by atoms with Crippen LogP contribution in [0.5, 0.6) is 0 Å². The van der Waals surface area contributed by atoms with Crippen LogP contribution in [-0.2, 0) is 14.6 Å². The molecule has 2 aliphatic rings. The molecule has 104 valence electrons. The average molecular weight is 274 g/mol. The van der Waals surface area contributed by atoms with E-state index in [-0.39, 0.29) is 23.5 Å². The van der Waals surface area contributed by atoms with Gasteiger partial charge in [0.2, 0.25) is 5.91 Å². The van der Waals surface area contributed by atoms with E-state index in [4.69, 9.17) is 0 Å². The summed E-state index contributed by atoms with van der Waals surface area (Å²) in [6.07, 6.45) is 5.93. The maximum atomic E-state index is 11.7. The van der Waals surface area contributed by atoms with Gasteiger partial charge < -0.3 is 10.6 Å². The smallest absolute Gasteiger partial charge is 0.234 e. The predicted octanol–water partition coefficient (Wildman–Crippen LogP) is 0.212. The van der Waals surface area contributed by atoms with Gasteiger partial charge in [0.05, 0.1) is 18.1 Å². The number of nitrogens with one attached hydrogen (secondary N) is 2. The van der Waals surface area contributed by atoms with Gasteiger partial charge in [-0.05, 0) is 25.7 Å². The third kappa shape index (κ3) is 4.24. The predicted molar refractivity (Wildman–Crippen MR) is 70.1 cm³/mol. The molecule has 1 aliphatic heterocycles. The second-order valence-electron chi connectivity index (χ2n) is 5.36. The van der Waals surface area contributed by atoms with E-state index >= 15 is 0 Å². The SMILES string of the molecule is O=C(CNC1CCCC1)NC1CCS(=O)(=O)CC1. The van der Waals surface area contributed by atoms with Crippen LogP contribution in [0.15, 0.2) is 0 Å². The van der Waals surface area contributed by atoms with Crippen LogP contribution in [0.25, 0.3) is 0 Å². The first kappa shape index (κ1) is 13.8. The molecule has 1 amide bonds. The molecule has 2 rings (SSSR count). The van der Waals surface area contributed by atoms with Crippen molar-refractivity contribution in [2.45, 2.75) is 50.6 Å². The quantitative estimate of drug-likeness (QED) is 0.768. The van der Waals surface area contributed by atoms with Crippen LogP contribution in [0.4, 0.5) is 0 Å². The Kier molecular flexibility index (Phi) is 4.61. The van der Waals surface area contributed by atoms with E-state index in [1.807, 2.05) is 0 Å². The Morgan fingerprint density at radius 1 is 1.00 bits per heavy atom. The molecule has 1 heterocycles. The van der Waals surface area contributed by atoms with Gasteiger partial charge in [-0.25, -0.2) is 8.42 Å². The third-order valence-electron chi connectivity index (χ3n) is 3.83. The zero-order valence-corrected chi connectivity index (χ0v) is 11.5. The molecule has 0 atom stereocenters. The van der Waals surface area contributed by atoms with Gasteiger partial charge >= 0.3 is 0 Å². The van der Waals surface area contributed by atoms with E-state index in [0.29, 0.717) is 25.4 Å². The Morgan fingerprint density at radius 3 is 2.22 bits per heavy atom. The molecule has 18 heavy (non-hydrogen) atoms. The second kappa shape index (κ2) is 6.02. The van der Waals surface area contributed by atoms with E-state index in [9.17, 15) is 13.2 Å². The van der Waals surface area contributed by atoms with Gasteiger partial charge in [-0.3, -0.25) is 4.79 Å². The van der Waals surface area contributed by atoms with E-state index in [1.54, 1.807) is 0 Å². The van der Waals surface area contributed by atoms with Crippen LogP contribution in [0.3, 0.4) is 0 Å². The lowest BCUT2D eigenvalue weighted by molar-refractivity contribution is -0.121. The summed E-state index contributed by atoms with van der Waals surface area (Å²) in [4.78, 5) is 11.7. The van der Waals surface area contributed by atoms with E-state index in [1.165, 1.54) is 12.8 Å². The normalized spacial score (nSPS) is 25.1. The Balaban J connectivity index is 1.65. The second-order valence-corrected chi connectivity index (χ2v) is 7.66. The highest BCUT2D eigenvalue weighted by molar-refractivity contribution is 7.91. The lowest BCUT2D eigenvalue weighted by Crippen LogP contribution is -2.45. The Bertz CT molecular complexity index is 374. The lowest BCUT2D eigenvalue weighted by Gasteiger charge is -2.23. The van der Waals surface area contributed by atoms with Crippen LogP contribution in [0, 0.1) is 0 Å². The fraction of sp³-hybridized carbons (Fsp3) is 0.917. The first-order valence-corrected chi connectivity index (χ1v) is 8.60. The molecule has 1 saturated carbocycles. The monoisotopic (exact) mass is 274 g/mol. The van der Waals surface area contributed by atoms with Crippen LogP contribution >= 0.6 is 0 Å². The highest BCUT2D eigenvalue weighted by Crippen LogP contribution is 2.17. The number of sulfone groups is 1. The number of hydrogen-bond acceptors (Lipinski definition) is 4. The molecule has 1 saturated heterocycles. The van der Waals surface area contributed by atoms with Crippen LogP contribution in [-0.4, -0.2) is 44.5 Å². The molecule has 5 nitrogen and oxygen atoms in total. The summed E-state index contributed by atoms with van der Waals surface area (Å²) in [6, 6.07) is 0.522. The first-order chi connectivity index (χ1) is 8.55. The van der Waals surface area contributed by atoms with Gasteiger partial charge in [0.15, 0.2) is 0 Å². The van der Waals surface area contributed by atoms with Crippen molar-refractivity contribution < 1.29 is 13.2 Å². The number of carbonyl (C=O) groups is 1. The molecule has 0 aromatic carbocycles. The molecule has 0 aromatic heterocycles. The molecular formula is C12H22N2O3S. The summed E-state index contributed by atoms with van der Waals surface area (Å²) in [5.74, 6) is 0.397. The number of carbonyl (C=O) groups excluding carboxylic acids is 1. The summed E-state index contributed by atoms with van der Waals surface area (Å²) >= 11 is 0. The highest BCUT2D eigenvalue weighted by atomic mass is 32.2. The molecular weight excluding hydrogens is 252 g/mol. The minimum absolute atomic E-state index is 0.00815. The molecule has 2 N–H and O–H groups in total. The standard InChI is InChI=1S/C12H22N2O3S/c15-12(9-13-10-3-1-2-4-10)14-11-5-7-18(16,17)8-6-11/h10-11,13H,1-9H2,(H,14,15). The maximum absolute atomic E-state index is 11.7. The van der Waals surface area contributed by atoms with Crippen LogP contribution < -0.4 is 10.6 Å². The maximum Gasteiger partial charge on any atom is 0.234 e.